The number of ether oxygens (including phenoxy) is 1. The molecule has 1 unspecified atom stereocenters. The van der Waals surface area contributed by atoms with Gasteiger partial charge in [-0.2, -0.15) is 0 Å². The highest BCUT2D eigenvalue weighted by Gasteiger charge is 2.40. The Bertz CT molecular complexity index is 1170. The zero-order chi connectivity index (χ0) is 22.1. The van der Waals surface area contributed by atoms with Gasteiger partial charge in [0.2, 0.25) is 11.7 Å². The second kappa shape index (κ2) is 8.31. The third kappa shape index (κ3) is 3.82. The van der Waals surface area contributed by atoms with E-state index in [4.69, 9.17) is 4.74 Å². The van der Waals surface area contributed by atoms with Gasteiger partial charge < -0.3 is 14.7 Å². The van der Waals surface area contributed by atoms with Crippen molar-refractivity contribution in [3.05, 3.63) is 86.8 Å². The summed E-state index contributed by atoms with van der Waals surface area (Å²) in [5, 5.41) is 13.8. The minimum Gasteiger partial charge on any atom is -0.868 e. The molecule has 1 aliphatic rings. The molecular formula is C23H21N3O4S. The third-order valence-corrected chi connectivity index (χ3v) is 6.27. The van der Waals surface area contributed by atoms with Crippen LogP contribution in [0, 0.1) is 13.8 Å². The number of hydrogen-bond donors (Lipinski definition) is 0. The fourth-order valence-corrected chi connectivity index (χ4v) is 4.63. The molecule has 0 saturated carbocycles. The van der Waals surface area contributed by atoms with Gasteiger partial charge in [-0.1, -0.05) is 12.1 Å². The van der Waals surface area contributed by atoms with Crippen molar-refractivity contribution in [1.82, 2.24) is 9.88 Å². The van der Waals surface area contributed by atoms with E-state index in [9.17, 15) is 14.7 Å². The number of aryl methyl sites for hydroxylation is 2. The molecule has 7 nitrogen and oxygen atoms in total. The van der Waals surface area contributed by atoms with Crippen LogP contribution < -0.4 is 14.8 Å². The van der Waals surface area contributed by atoms with Gasteiger partial charge in [-0.3, -0.25) is 9.59 Å². The maximum atomic E-state index is 13.4. The van der Waals surface area contributed by atoms with E-state index < -0.39 is 23.5 Å². The number of thiazole rings is 1. The molecule has 0 aliphatic carbocycles. The number of ketones is 1. The highest BCUT2D eigenvalue weighted by atomic mass is 32.1. The Hall–Kier alpha value is -3.52. The molecule has 4 rings (SSSR count). The lowest BCUT2D eigenvalue weighted by Crippen LogP contribution is -2.32. The number of pyridine rings is 1. The molecule has 3 heterocycles. The van der Waals surface area contributed by atoms with Gasteiger partial charge in [-0.25, -0.2) is 9.97 Å². The van der Waals surface area contributed by atoms with Crippen LogP contribution in [0.2, 0.25) is 0 Å². The largest absolute Gasteiger partial charge is 0.868 e. The standard InChI is InChI=1S/C23H21N3O4S/c1-13-22(31-14(2)25-13)20(27)18-19(16-6-8-17(30-3)9-7-16)26(23(29)21(18)28)12-15-5-4-10-24-11-15/h4-11,19,28H,12H2,1-3H3. The first-order chi connectivity index (χ1) is 14.9. The maximum Gasteiger partial charge on any atom is 0.240 e. The van der Waals surface area contributed by atoms with Crippen LogP contribution >= 0.6 is 11.3 Å². The van der Waals surface area contributed by atoms with Gasteiger partial charge >= 0.3 is 0 Å². The van der Waals surface area contributed by atoms with Gasteiger partial charge in [0.05, 0.1) is 35.3 Å². The van der Waals surface area contributed by atoms with Crippen molar-refractivity contribution in [3.8, 4) is 5.75 Å². The van der Waals surface area contributed by atoms with Crippen molar-refractivity contribution in [2.75, 3.05) is 7.11 Å². The molecule has 0 saturated heterocycles. The van der Waals surface area contributed by atoms with Crippen LogP contribution in [-0.2, 0) is 11.3 Å². The monoisotopic (exact) mass is 435 g/mol. The molecule has 1 aromatic carbocycles. The van der Waals surface area contributed by atoms with Crippen LogP contribution in [-0.4, -0.2) is 28.7 Å². The first kappa shape index (κ1) is 20.7. The van der Waals surface area contributed by atoms with E-state index in [-0.39, 0.29) is 12.1 Å². The predicted molar refractivity (Wildman–Crippen MR) is 112 cm³/mol. The summed E-state index contributed by atoms with van der Waals surface area (Å²) in [4.78, 5) is 35.6. The molecule has 2 aromatic heterocycles. The lowest BCUT2D eigenvalue weighted by Gasteiger charge is -2.27. The Kier molecular flexibility index (Phi) is 5.56. The summed E-state index contributed by atoms with van der Waals surface area (Å²) in [6, 6.07) is 9.94. The number of benzene rings is 1. The molecule has 0 bridgehead atoms. The van der Waals surface area contributed by atoms with Crippen LogP contribution in [0.25, 0.3) is 0 Å². The molecule has 1 N–H and O–H groups in total. The number of Topliss-reactive ketones (excluding diaryl/α,β-unsaturated/α-hetero) is 1. The molecular weight excluding hydrogens is 414 g/mol. The summed E-state index contributed by atoms with van der Waals surface area (Å²) < 4.78 is 5.23. The van der Waals surface area contributed by atoms with Gasteiger partial charge in [-0.15, -0.1) is 11.3 Å². The molecule has 31 heavy (non-hydrogen) atoms. The number of nitrogens with zero attached hydrogens (tertiary/aromatic N) is 2. The Balaban J connectivity index is 1.81. The SMILES string of the molecule is COc1ccc(C2C(C(=O)c3sc(C)nc3C)=C([O-])C(=O)N2Cc2ccc[nH+]c2)cc1. The fourth-order valence-electron chi connectivity index (χ4n) is 3.76. The topological polar surface area (TPSA) is 96.7 Å². The average Bonchev–Trinajstić information content (AvgIpc) is 3.24. The van der Waals surface area contributed by atoms with Crippen LogP contribution in [0.4, 0.5) is 0 Å². The van der Waals surface area contributed by atoms with Crippen LogP contribution in [0.5, 0.6) is 5.75 Å². The summed E-state index contributed by atoms with van der Waals surface area (Å²) in [6.07, 6.45) is 3.52. The van der Waals surface area contributed by atoms with Crippen LogP contribution in [0.15, 0.2) is 60.1 Å². The number of carbonyl (C=O) groups excluding carboxylic acids is 2. The summed E-state index contributed by atoms with van der Waals surface area (Å²) in [5.41, 5.74) is 2.01. The summed E-state index contributed by atoms with van der Waals surface area (Å²) in [6.45, 7) is 3.73. The van der Waals surface area contributed by atoms with E-state index >= 15 is 0 Å². The predicted octanol–water partition coefficient (Wildman–Crippen LogP) is 2.16. The van der Waals surface area contributed by atoms with Gasteiger partial charge in [0.25, 0.3) is 0 Å². The van der Waals surface area contributed by atoms with E-state index in [1.165, 1.54) is 16.2 Å². The molecule has 1 atom stereocenters. The van der Waals surface area contributed by atoms with E-state index in [1.54, 1.807) is 57.6 Å². The number of rotatable bonds is 6. The highest BCUT2D eigenvalue weighted by molar-refractivity contribution is 7.14. The Morgan fingerprint density at radius 1 is 1.26 bits per heavy atom. The Morgan fingerprint density at radius 2 is 2.00 bits per heavy atom. The minimum absolute atomic E-state index is 0.0400. The number of methoxy groups -OCH3 is 1. The lowest BCUT2D eigenvalue weighted by molar-refractivity contribution is -0.378. The fraction of sp³-hybridized carbons (Fsp3) is 0.217. The van der Waals surface area contributed by atoms with E-state index in [0.29, 0.717) is 21.9 Å². The maximum absolute atomic E-state index is 13.4. The number of nitrogens with one attached hydrogen (secondary N) is 1. The van der Waals surface area contributed by atoms with Gasteiger partial charge in [-0.05, 0) is 43.4 Å². The Labute approximate surface area is 183 Å². The second-order valence-electron chi connectivity index (χ2n) is 7.24. The number of aromatic nitrogens is 2. The van der Waals surface area contributed by atoms with Gasteiger partial charge in [0.1, 0.15) is 5.75 Å². The summed E-state index contributed by atoms with van der Waals surface area (Å²) in [7, 11) is 1.56. The van der Waals surface area contributed by atoms with E-state index in [0.717, 1.165) is 10.6 Å². The van der Waals surface area contributed by atoms with Crippen molar-refractivity contribution in [1.29, 1.82) is 0 Å². The molecule has 8 heteroatoms. The number of H-pyrrole nitrogens is 1. The zero-order valence-electron chi connectivity index (χ0n) is 17.3. The zero-order valence-corrected chi connectivity index (χ0v) is 18.2. The normalized spacial score (nSPS) is 16.2. The van der Waals surface area contributed by atoms with Crippen molar-refractivity contribution < 1.29 is 24.4 Å². The number of aromatic amines is 1. The Morgan fingerprint density at radius 3 is 2.58 bits per heavy atom. The molecule has 0 radical (unpaired) electrons. The van der Waals surface area contributed by atoms with Crippen molar-refractivity contribution >= 4 is 23.0 Å². The van der Waals surface area contributed by atoms with Crippen molar-refractivity contribution in [3.63, 3.8) is 0 Å². The quantitative estimate of drug-likeness (QED) is 0.553. The molecule has 0 fully saturated rings. The van der Waals surface area contributed by atoms with Crippen molar-refractivity contribution in [2.45, 2.75) is 26.4 Å². The molecule has 1 aliphatic heterocycles. The third-order valence-electron chi connectivity index (χ3n) is 5.20. The smallest absolute Gasteiger partial charge is 0.240 e. The molecule has 1 amide bonds. The highest BCUT2D eigenvalue weighted by Crippen LogP contribution is 2.40. The average molecular weight is 436 g/mol. The number of hydrogen-bond acceptors (Lipinski definition) is 6. The first-order valence-corrected chi connectivity index (χ1v) is 10.5. The van der Waals surface area contributed by atoms with E-state index in [2.05, 4.69) is 9.97 Å². The molecule has 158 valence electrons. The van der Waals surface area contributed by atoms with Gasteiger partial charge in [0.15, 0.2) is 12.4 Å². The van der Waals surface area contributed by atoms with Crippen LogP contribution in [0.1, 0.15) is 37.5 Å². The molecule has 3 aromatic rings. The number of carbonyl (C=O) groups is 2. The minimum atomic E-state index is -0.791. The van der Waals surface area contributed by atoms with Crippen LogP contribution in [0.3, 0.4) is 0 Å². The number of amides is 1. The first-order valence-electron chi connectivity index (χ1n) is 9.70. The summed E-state index contributed by atoms with van der Waals surface area (Å²) in [5.74, 6) is -1.25. The van der Waals surface area contributed by atoms with Gasteiger partial charge in [0, 0.05) is 17.2 Å². The van der Waals surface area contributed by atoms with E-state index in [1.807, 2.05) is 12.1 Å². The molecule has 0 spiro atoms. The second-order valence-corrected chi connectivity index (χ2v) is 8.44. The van der Waals surface area contributed by atoms with Crippen molar-refractivity contribution in [2.24, 2.45) is 0 Å². The summed E-state index contributed by atoms with van der Waals surface area (Å²) >= 11 is 1.23. The lowest BCUT2D eigenvalue weighted by atomic mass is 9.95.